The largest absolute Gasteiger partial charge is 0.378 e. The van der Waals surface area contributed by atoms with E-state index in [1.165, 1.54) is 32.1 Å². The fraction of sp³-hybridized carbons (Fsp3) is 1.00. The summed E-state index contributed by atoms with van der Waals surface area (Å²) >= 11 is 0. The topological polar surface area (TPSA) is 9.23 Å². The fourth-order valence-electron chi connectivity index (χ4n) is 2.93. The zero-order chi connectivity index (χ0) is 8.60. The number of hydrogen-bond donors (Lipinski definition) is 0. The molecule has 1 heterocycles. The van der Waals surface area contributed by atoms with E-state index in [4.69, 9.17) is 4.74 Å². The van der Waals surface area contributed by atoms with Crippen molar-refractivity contribution < 1.29 is 4.74 Å². The molecule has 1 aliphatic carbocycles. The van der Waals surface area contributed by atoms with Crippen LogP contribution < -0.4 is 0 Å². The van der Waals surface area contributed by atoms with Crippen molar-refractivity contribution in [1.82, 2.24) is 0 Å². The van der Waals surface area contributed by atoms with Crippen molar-refractivity contribution in [3.63, 3.8) is 0 Å². The molecule has 2 aliphatic rings. The lowest BCUT2D eigenvalue weighted by Gasteiger charge is -2.36. The highest BCUT2D eigenvalue weighted by Crippen LogP contribution is 2.48. The molecule has 1 heteroatoms. The molecule has 2 atom stereocenters. The van der Waals surface area contributed by atoms with E-state index in [-0.39, 0.29) is 0 Å². The Kier molecular flexibility index (Phi) is 2.16. The van der Waals surface area contributed by atoms with Crippen molar-refractivity contribution >= 4 is 0 Å². The van der Waals surface area contributed by atoms with Gasteiger partial charge in [-0.1, -0.05) is 26.2 Å². The summed E-state index contributed by atoms with van der Waals surface area (Å²) < 4.78 is 5.76. The highest BCUT2D eigenvalue weighted by Gasteiger charge is 2.45. The third-order valence-electron chi connectivity index (χ3n) is 4.15. The van der Waals surface area contributed by atoms with Crippen LogP contribution in [0.4, 0.5) is 0 Å². The number of rotatable bonds is 0. The molecular formula is C11H20O. The summed E-state index contributed by atoms with van der Waals surface area (Å²) in [6, 6.07) is 0. The first-order valence-electron chi connectivity index (χ1n) is 5.36. The predicted octanol–water partition coefficient (Wildman–Crippen LogP) is 2.99. The van der Waals surface area contributed by atoms with Gasteiger partial charge in [-0.3, -0.25) is 0 Å². The molecule has 1 aliphatic heterocycles. The van der Waals surface area contributed by atoms with Gasteiger partial charge in [0.15, 0.2) is 0 Å². The smallest absolute Gasteiger partial charge is 0.0578 e. The van der Waals surface area contributed by atoms with Crippen LogP contribution >= 0.6 is 0 Å². The molecule has 2 rings (SSSR count). The molecule has 0 aromatic rings. The second-order valence-electron chi connectivity index (χ2n) is 4.73. The Morgan fingerprint density at radius 3 is 2.25 bits per heavy atom. The maximum atomic E-state index is 5.76. The Morgan fingerprint density at radius 1 is 1.08 bits per heavy atom. The Balaban J connectivity index is 2.09. The molecule has 0 N–H and O–H groups in total. The van der Waals surface area contributed by atoms with Crippen LogP contribution in [0.25, 0.3) is 0 Å². The van der Waals surface area contributed by atoms with Crippen LogP contribution in [0.5, 0.6) is 0 Å². The molecule has 1 spiro atoms. The minimum atomic E-state index is 0.503. The SMILES string of the molecule is C[C@@H]1OCC2(CCCCC2)[C@@H]1C. The van der Waals surface area contributed by atoms with E-state index in [0.717, 1.165) is 12.5 Å². The van der Waals surface area contributed by atoms with Gasteiger partial charge in [0.25, 0.3) is 0 Å². The van der Waals surface area contributed by atoms with Crippen molar-refractivity contribution in [3.05, 3.63) is 0 Å². The number of hydrogen-bond acceptors (Lipinski definition) is 1. The summed E-state index contributed by atoms with van der Waals surface area (Å²) in [6.07, 6.45) is 7.64. The molecule has 0 amide bonds. The van der Waals surface area contributed by atoms with Crippen molar-refractivity contribution in [3.8, 4) is 0 Å². The molecule has 0 aromatic carbocycles. The van der Waals surface area contributed by atoms with Crippen molar-refractivity contribution in [1.29, 1.82) is 0 Å². The molecule has 2 fully saturated rings. The van der Waals surface area contributed by atoms with E-state index in [9.17, 15) is 0 Å². The fourth-order valence-corrected chi connectivity index (χ4v) is 2.93. The van der Waals surface area contributed by atoms with Crippen LogP contribution in [-0.2, 0) is 4.74 Å². The monoisotopic (exact) mass is 168 g/mol. The lowest BCUT2D eigenvalue weighted by Crippen LogP contribution is -2.31. The van der Waals surface area contributed by atoms with Gasteiger partial charge < -0.3 is 4.74 Å². The van der Waals surface area contributed by atoms with Crippen LogP contribution in [-0.4, -0.2) is 12.7 Å². The van der Waals surface area contributed by atoms with Gasteiger partial charge in [-0.25, -0.2) is 0 Å². The third-order valence-corrected chi connectivity index (χ3v) is 4.15. The Morgan fingerprint density at radius 2 is 1.75 bits per heavy atom. The molecule has 0 radical (unpaired) electrons. The van der Waals surface area contributed by atoms with Gasteiger partial charge >= 0.3 is 0 Å². The highest BCUT2D eigenvalue weighted by molar-refractivity contribution is 4.93. The van der Waals surface area contributed by atoms with E-state index >= 15 is 0 Å². The van der Waals surface area contributed by atoms with E-state index in [2.05, 4.69) is 13.8 Å². The summed E-state index contributed by atoms with van der Waals surface area (Å²) in [5.41, 5.74) is 0.581. The third kappa shape index (κ3) is 1.19. The molecular weight excluding hydrogens is 148 g/mol. The van der Waals surface area contributed by atoms with E-state index in [1.807, 2.05) is 0 Å². The molecule has 1 nitrogen and oxygen atoms in total. The van der Waals surface area contributed by atoms with Crippen LogP contribution in [0, 0.1) is 11.3 Å². The maximum absolute atomic E-state index is 5.76. The lowest BCUT2D eigenvalue weighted by atomic mass is 9.67. The van der Waals surface area contributed by atoms with E-state index in [0.29, 0.717) is 11.5 Å². The normalized spacial score (nSPS) is 40.5. The van der Waals surface area contributed by atoms with Gasteiger partial charge in [0.2, 0.25) is 0 Å². The van der Waals surface area contributed by atoms with Crippen molar-refractivity contribution in [2.75, 3.05) is 6.61 Å². The zero-order valence-corrected chi connectivity index (χ0v) is 8.31. The van der Waals surface area contributed by atoms with Gasteiger partial charge in [-0.2, -0.15) is 0 Å². The Hall–Kier alpha value is -0.0400. The molecule has 1 saturated carbocycles. The van der Waals surface area contributed by atoms with Crippen molar-refractivity contribution in [2.24, 2.45) is 11.3 Å². The maximum Gasteiger partial charge on any atom is 0.0578 e. The summed E-state index contributed by atoms with van der Waals surface area (Å²) in [7, 11) is 0. The van der Waals surface area contributed by atoms with Crippen LogP contribution in [0.3, 0.4) is 0 Å². The first-order chi connectivity index (χ1) is 5.75. The molecule has 70 valence electrons. The summed E-state index contributed by atoms with van der Waals surface area (Å²) in [5, 5.41) is 0. The lowest BCUT2D eigenvalue weighted by molar-refractivity contribution is 0.0926. The standard InChI is InChI=1S/C11H20O/c1-9-10(2)12-8-11(9)6-4-3-5-7-11/h9-10H,3-8H2,1-2H3/t9-,10+/m1/s1. The second kappa shape index (κ2) is 3.02. The molecule has 0 unspecified atom stereocenters. The number of ether oxygens (including phenoxy) is 1. The first-order valence-corrected chi connectivity index (χ1v) is 5.36. The van der Waals surface area contributed by atoms with Crippen LogP contribution in [0.1, 0.15) is 46.0 Å². The summed E-state index contributed by atoms with van der Waals surface area (Å²) in [4.78, 5) is 0. The average Bonchev–Trinajstić information content (AvgIpc) is 2.37. The van der Waals surface area contributed by atoms with E-state index in [1.54, 1.807) is 0 Å². The van der Waals surface area contributed by atoms with Gasteiger partial charge in [0.05, 0.1) is 12.7 Å². The zero-order valence-electron chi connectivity index (χ0n) is 8.31. The second-order valence-corrected chi connectivity index (χ2v) is 4.73. The Bertz CT molecular complexity index is 153. The Labute approximate surface area is 75.5 Å². The van der Waals surface area contributed by atoms with Gasteiger partial charge in [0, 0.05) is 0 Å². The highest BCUT2D eigenvalue weighted by atomic mass is 16.5. The molecule has 1 saturated heterocycles. The van der Waals surface area contributed by atoms with Crippen molar-refractivity contribution in [2.45, 2.75) is 52.1 Å². The molecule has 0 bridgehead atoms. The minimum absolute atomic E-state index is 0.503. The van der Waals surface area contributed by atoms with Gasteiger partial charge in [-0.05, 0) is 31.1 Å². The summed E-state index contributed by atoms with van der Waals surface area (Å²) in [5.74, 6) is 0.790. The molecule has 12 heavy (non-hydrogen) atoms. The summed E-state index contributed by atoms with van der Waals surface area (Å²) in [6.45, 7) is 5.65. The van der Waals surface area contributed by atoms with E-state index < -0.39 is 0 Å². The first kappa shape index (κ1) is 8.55. The minimum Gasteiger partial charge on any atom is -0.378 e. The predicted molar refractivity (Wildman–Crippen MR) is 50.1 cm³/mol. The van der Waals surface area contributed by atoms with Crippen LogP contribution in [0.2, 0.25) is 0 Å². The molecule has 0 aromatic heterocycles. The quantitative estimate of drug-likeness (QED) is 0.540. The average molecular weight is 168 g/mol. The van der Waals surface area contributed by atoms with Gasteiger partial charge in [0.1, 0.15) is 0 Å². The van der Waals surface area contributed by atoms with Crippen LogP contribution in [0.15, 0.2) is 0 Å². The van der Waals surface area contributed by atoms with Gasteiger partial charge in [-0.15, -0.1) is 0 Å².